The predicted octanol–water partition coefficient (Wildman–Crippen LogP) is 1.24. The van der Waals surface area contributed by atoms with Crippen molar-refractivity contribution in [3.63, 3.8) is 0 Å². The van der Waals surface area contributed by atoms with Crippen LogP contribution in [0.15, 0.2) is 12.2 Å². The van der Waals surface area contributed by atoms with Crippen LogP contribution in [0.1, 0.15) is 48.0 Å². The van der Waals surface area contributed by atoms with Crippen LogP contribution < -0.4 is 16.2 Å². The minimum atomic E-state index is -1.46. The SMILES string of the molecule is CC(C)(C)[C@@H]1CCc2c(sc(NC(=O)C=CC(=O)[O-])c2C(N)=O)C1. The van der Waals surface area contributed by atoms with Gasteiger partial charge in [0.2, 0.25) is 5.91 Å². The predicted molar refractivity (Wildman–Crippen MR) is 90.6 cm³/mol. The van der Waals surface area contributed by atoms with Gasteiger partial charge in [0.05, 0.1) is 11.5 Å². The third kappa shape index (κ3) is 4.03. The summed E-state index contributed by atoms with van der Waals surface area (Å²) in [6.07, 6.45) is 4.05. The first-order valence-corrected chi connectivity index (χ1v) is 8.55. The number of carboxylic acids is 1. The van der Waals surface area contributed by atoms with Gasteiger partial charge in [0.15, 0.2) is 0 Å². The van der Waals surface area contributed by atoms with Crippen molar-refractivity contribution in [1.82, 2.24) is 0 Å². The van der Waals surface area contributed by atoms with E-state index in [0.29, 0.717) is 22.6 Å². The number of nitrogens with two attached hydrogens (primary N) is 1. The molecule has 2 rings (SSSR count). The summed E-state index contributed by atoms with van der Waals surface area (Å²) in [4.78, 5) is 35.1. The lowest BCUT2D eigenvalue weighted by molar-refractivity contribution is -0.297. The molecule has 0 aliphatic heterocycles. The summed E-state index contributed by atoms with van der Waals surface area (Å²) in [7, 11) is 0. The van der Waals surface area contributed by atoms with Crippen LogP contribution in [-0.2, 0) is 22.4 Å². The molecule has 1 aliphatic carbocycles. The van der Waals surface area contributed by atoms with Crippen molar-refractivity contribution >= 4 is 34.1 Å². The first-order valence-electron chi connectivity index (χ1n) is 7.74. The molecule has 1 heterocycles. The molecule has 0 saturated carbocycles. The molecule has 24 heavy (non-hydrogen) atoms. The van der Waals surface area contributed by atoms with Crippen molar-refractivity contribution in [2.45, 2.75) is 40.0 Å². The highest BCUT2D eigenvalue weighted by atomic mass is 32.1. The van der Waals surface area contributed by atoms with Crippen molar-refractivity contribution in [2.24, 2.45) is 17.1 Å². The van der Waals surface area contributed by atoms with E-state index >= 15 is 0 Å². The van der Waals surface area contributed by atoms with E-state index in [1.165, 1.54) is 11.3 Å². The fourth-order valence-corrected chi connectivity index (χ4v) is 4.31. The minimum Gasteiger partial charge on any atom is -0.545 e. The lowest BCUT2D eigenvalue weighted by Crippen LogP contribution is -2.27. The molecule has 7 heteroatoms. The van der Waals surface area contributed by atoms with E-state index in [1.807, 2.05) is 0 Å². The van der Waals surface area contributed by atoms with Gasteiger partial charge in [0, 0.05) is 11.0 Å². The molecule has 0 radical (unpaired) electrons. The second-order valence-electron chi connectivity index (χ2n) is 7.02. The first-order chi connectivity index (χ1) is 11.1. The number of nitrogens with one attached hydrogen (secondary N) is 1. The maximum absolute atomic E-state index is 11.8. The molecule has 0 saturated heterocycles. The van der Waals surface area contributed by atoms with Gasteiger partial charge in [0.25, 0.3) is 5.91 Å². The summed E-state index contributed by atoms with van der Waals surface area (Å²) >= 11 is 1.34. The Labute approximate surface area is 144 Å². The molecular formula is C17H21N2O4S-. The van der Waals surface area contributed by atoms with Gasteiger partial charge in [-0.05, 0) is 42.2 Å². The van der Waals surface area contributed by atoms with E-state index in [0.717, 1.165) is 35.8 Å². The van der Waals surface area contributed by atoms with Crippen LogP contribution >= 0.6 is 11.3 Å². The smallest absolute Gasteiger partial charge is 0.251 e. The Balaban J connectivity index is 2.31. The van der Waals surface area contributed by atoms with E-state index in [2.05, 4.69) is 26.1 Å². The number of fused-ring (bicyclic) bond motifs is 1. The average molecular weight is 349 g/mol. The average Bonchev–Trinajstić information content (AvgIpc) is 2.80. The zero-order valence-electron chi connectivity index (χ0n) is 14.0. The zero-order valence-corrected chi connectivity index (χ0v) is 14.8. The summed E-state index contributed by atoms with van der Waals surface area (Å²) in [6.45, 7) is 6.58. The fourth-order valence-electron chi connectivity index (χ4n) is 2.97. The van der Waals surface area contributed by atoms with Gasteiger partial charge in [-0.25, -0.2) is 0 Å². The van der Waals surface area contributed by atoms with Gasteiger partial charge in [0.1, 0.15) is 5.00 Å². The maximum atomic E-state index is 11.8. The highest BCUT2D eigenvalue weighted by Gasteiger charge is 2.33. The topological polar surface area (TPSA) is 112 Å². The van der Waals surface area contributed by atoms with Gasteiger partial charge in [-0.15, -0.1) is 11.3 Å². The number of aliphatic carboxylic acids is 1. The Morgan fingerprint density at radius 2 is 1.96 bits per heavy atom. The molecule has 0 aromatic carbocycles. The Morgan fingerprint density at radius 1 is 1.29 bits per heavy atom. The Hall–Kier alpha value is -2.15. The maximum Gasteiger partial charge on any atom is 0.251 e. The van der Waals surface area contributed by atoms with Gasteiger partial charge in [-0.1, -0.05) is 20.8 Å². The molecule has 0 unspecified atom stereocenters. The number of rotatable bonds is 4. The fraction of sp³-hybridized carbons (Fsp3) is 0.471. The highest BCUT2D eigenvalue weighted by Crippen LogP contribution is 2.44. The molecule has 2 amide bonds. The van der Waals surface area contributed by atoms with Gasteiger partial charge in [-0.2, -0.15) is 0 Å². The number of hydrogen-bond acceptors (Lipinski definition) is 5. The number of anilines is 1. The minimum absolute atomic E-state index is 0.162. The van der Waals surface area contributed by atoms with Crippen LogP contribution in [-0.4, -0.2) is 17.8 Å². The van der Waals surface area contributed by atoms with Crippen LogP contribution in [0.3, 0.4) is 0 Å². The zero-order chi connectivity index (χ0) is 18.1. The Morgan fingerprint density at radius 3 is 2.50 bits per heavy atom. The molecular weight excluding hydrogens is 328 g/mol. The van der Waals surface area contributed by atoms with Crippen LogP contribution in [0.5, 0.6) is 0 Å². The number of hydrogen-bond donors (Lipinski definition) is 2. The summed E-state index contributed by atoms with van der Waals surface area (Å²) in [6, 6.07) is 0. The van der Waals surface area contributed by atoms with Crippen LogP contribution in [0.4, 0.5) is 5.00 Å². The van der Waals surface area contributed by atoms with Crippen molar-refractivity contribution < 1.29 is 19.5 Å². The molecule has 0 bridgehead atoms. The lowest BCUT2D eigenvalue weighted by atomic mass is 9.72. The molecule has 1 aromatic rings. The third-order valence-electron chi connectivity index (χ3n) is 4.34. The second kappa shape index (κ2) is 6.76. The van der Waals surface area contributed by atoms with E-state index in [-0.39, 0.29) is 5.41 Å². The Bertz CT molecular complexity index is 713. The van der Waals surface area contributed by atoms with E-state index in [4.69, 9.17) is 5.73 Å². The second-order valence-corrected chi connectivity index (χ2v) is 8.12. The molecule has 0 fully saturated rings. The largest absolute Gasteiger partial charge is 0.545 e. The van der Waals surface area contributed by atoms with Crippen LogP contribution in [0, 0.1) is 11.3 Å². The number of amides is 2. The highest BCUT2D eigenvalue weighted by molar-refractivity contribution is 7.17. The van der Waals surface area contributed by atoms with Gasteiger partial charge >= 0.3 is 0 Å². The Kier molecular flexibility index (Phi) is 5.13. The van der Waals surface area contributed by atoms with E-state index in [9.17, 15) is 19.5 Å². The summed E-state index contributed by atoms with van der Waals surface area (Å²) < 4.78 is 0. The third-order valence-corrected chi connectivity index (χ3v) is 5.51. The number of carbonyl (C=O) groups is 3. The van der Waals surface area contributed by atoms with Crippen molar-refractivity contribution in [2.75, 3.05) is 5.32 Å². The van der Waals surface area contributed by atoms with Gasteiger partial charge in [-0.3, -0.25) is 9.59 Å². The molecule has 1 aromatic heterocycles. The number of primary amides is 1. The van der Waals surface area contributed by atoms with Crippen molar-refractivity contribution in [3.8, 4) is 0 Å². The van der Waals surface area contributed by atoms with Crippen molar-refractivity contribution in [1.29, 1.82) is 0 Å². The molecule has 1 aliphatic rings. The number of thiophene rings is 1. The van der Waals surface area contributed by atoms with Crippen LogP contribution in [0.25, 0.3) is 0 Å². The molecule has 0 spiro atoms. The molecule has 6 nitrogen and oxygen atoms in total. The molecule has 3 N–H and O–H groups in total. The standard InChI is InChI=1S/C17H22N2O4S/c1-17(2,3)9-4-5-10-11(8-9)24-16(14(10)15(18)23)19-12(20)6-7-13(21)22/h6-7,9H,4-5,8H2,1-3H3,(H2,18,23)(H,19,20)(H,21,22)/p-1/t9-/m1/s1. The quantitative estimate of drug-likeness (QED) is 0.796. The summed E-state index contributed by atoms with van der Waals surface area (Å²) in [5.41, 5.74) is 6.91. The van der Waals surface area contributed by atoms with Gasteiger partial charge < -0.3 is 21.0 Å². The van der Waals surface area contributed by atoms with E-state index in [1.54, 1.807) is 0 Å². The molecule has 1 atom stereocenters. The van der Waals surface area contributed by atoms with E-state index < -0.39 is 17.8 Å². The lowest BCUT2D eigenvalue weighted by Gasteiger charge is -2.33. The van der Waals surface area contributed by atoms with Crippen LogP contribution in [0.2, 0.25) is 0 Å². The first kappa shape index (κ1) is 18.2. The molecule has 130 valence electrons. The summed E-state index contributed by atoms with van der Waals surface area (Å²) in [5, 5.41) is 13.3. The number of carbonyl (C=O) groups excluding carboxylic acids is 3. The summed E-state index contributed by atoms with van der Waals surface area (Å²) in [5.74, 6) is -2.18. The normalized spacial score (nSPS) is 17.5. The van der Waals surface area contributed by atoms with Crippen molar-refractivity contribution in [3.05, 3.63) is 28.2 Å². The number of carboxylic acid groups (broad SMARTS) is 1. The monoisotopic (exact) mass is 349 g/mol.